The summed E-state index contributed by atoms with van der Waals surface area (Å²) in [5.74, 6) is 0. The first-order valence-corrected chi connectivity index (χ1v) is 5.00. The van der Waals surface area contributed by atoms with E-state index < -0.39 is 0 Å². The molecule has 3 heteroatoms. The van der Waals surface area contributed by atoms with Crippen LogP contribution in [0.25, 0.3) is 0 Å². The van der Waals surface area contributed by atoms with Crippen LogP contribution in [0.1, 0.15) is 0 Å². The summed E-state index contributed by atoms with van der Waals surface area (Å²) in [6.45, 7) is 0. The van der Waals surface area contributed by atoms with Crippen LogP contribution >= 0.6 is 0 Å². The van der Waals surface area contributed by atoms with Crippen molar-refractivity contribution in [1.82, 2.24) is 0 Å². The van der Waals surface area contributed by atoms with Crippen LogP contribution in [0.15, 0.2) is 91.0 Å². The molecular weight excluding hydrogens is 381 g/mol. The molecule has 0 aliphatic rings. The number of rotatable bonds is 0. The van der Waals surface area contributed by atoms with Gasteiger partial charge in [-0.3, -0.25) is 0 Å². The summed E-state index contributed by atoms with van der Waals surface area (Å²) in [6, 6.07) is 30.0. The molecule has 0 aliphatic carbocycles. The number of hydrogen-bond donors (Lipinski definition) is 0. The fraction of sp³-hybridized carbons (Fsp3) is 0. The van der Waals surface area contributed by atoms with Gasteiger partial charge in [-0.25, -0.2) is 36.4 Å². The van der Waals surface area contributed by atoms with Crippen molar-refractivity contribution in [1.29, 1.82) is 0 Å². The van der Waals surface area contributed by atoms with E-state index in [1.54, 1.807) is 0 Å². The molecule has 3 aromatic rings. The summed E-state index contributed by atoms with van der Waals surface area (Å²) < 4.78 is 0. The van der Waals surface area contributed by atoms with E-state index in [1.165, 1.54) is 0 Å². The van der Waals surface area contributed by atoms with Crippen molar-refractivity contribution in [2.75, 3.05) is 0 Å². The Morgan fingerprint density at radius 2 is 0.500 bits per heavy atom. The van der Waals surface area contributed by atoms with Crippen molar-refractivity contribution < 1.29 is 50.3 Å². The van der Waals surface area contributed by atoms with Gasteiger partial charge in [-0.15, -0.1) is 0 Å². The normalized spacial score (nSPS) is 6.00. The fourth-order valence-corrected chi connectivity index (χ4v) is 0.962. The van der Waals surface area contributed by atoms with Crippen LogP contribution in [-0.4, -0.2) is 0 Å². The van der Waals surface area contributed by atoms with Gasteiger partial charge in [-0.2, -0.15) is 54.6 Å². The molecule has 3 rings (SSSR count). The van der Waals surface area contributed by atoms with Crippen LogP contribution in [0.2, 0.25) is 0 Å². The molecule has 0 saturated carbocycles. The predicted molar refractivity (Wildman–Crippen MR) is 78.9 cm³/mol. The summed E-state index contributed by atoms with van der Waals surface area (Å²) >= 11 is 0. The minimum absolute atomic E-state index is 0. The molecule has 121 valence electrons. The molecule has 0 fully saturated rings. The molecule has 0 aromatic heterocycles. The molecule has 0 amide bonds. The zero-order valence-corrected chi connectivity index (χ0v) is 14.8. The van der Waals surface area contributed by atoms with Gasteiger partial charge in [0.15, 0.2) is 0 Å². The minimum atomic E-state index is 0. The second-order valence-corrected chi connectivity index (χ2v) is 2.89. The maximum absolute atomic E-state index is 2.00. The van der Waals surface area contributed by atoms with E-state index in [4.69, 9.17) is 0 Å². The zero-order valence-electron chi connectivity index (χ0n) is 11.7. The summed E-state index contributed by atoms with van der Waals surface area (Å²) in [5, 5.41) is 0. The van der Waals surface area contributed by atoms with Gasteiger partial charge >= 0.3 is 0 Å². The van der Waals surface area contributed by atoms with Crippen molar-refractivity contribution in [3.05, 3.63) is 106 Å². The average Bonchev–Trinajstić information content (AvgIpc) is 3.09. The monoisotopic (exact) mass is 402 g/mol. The molecule has 0 nitrogen and oxygen atoms in total. The van der Waals surface area contributed by atoms with Gasteiger partial charge in [0.05, 0.1) is 0 Å². The molecule has 0 atom stereocenters. The Balaban J connectivity index is -0.0000000500. The number of hydrogen-bond acceptors (Lipinski definition) is 0. The SMILES string of the molecule is [CH3-].[CH3-].[Co].[Co].[Co].c1cc[cH-]c1.c1cc[cH-]c1.c1cc[cH-]c1. The molecular formula is C17H21Co3-5. The molecule has 0 aliphatic heterocycles. The molecule has 3 aromatic carbocycles. The van der Waals surface area contributed by atoms with Crippen LogP contribution in [0, 0.1) is 14.9 Å². The third-order valence-electron chi connectivity index (χ3n) is 1.67. The molecule has 0 N–H and O–H groups in total. The first-order valence-electron chi connectivity index (χ1n) is 5.00. The molecule has 3 radical (unpaired) electrons. The summed E-state index contributed by atoms with van der Waals surface area (Å²) in [4.78, 5) is 0. The second-order valence-electron chi connectivity index (χ2n) is 2.89. The van der Waals surface area contributed by atoms with Crippen LogP contribution in [-0.2, 0) is 50.3 Å². The van der Waals surface area contributed by atoms with Gasteiger partial charge in [0.1, 0.15) is 0 Å². The third-order valence-corrected chi connectivity index (χ3v) is 1.67. The standard InChI is InChI=1S/3C5H5.2CH3.3Co/c3*1-2-4-5-3-1;;;;;/h3*1-5H;2*1H3;;;/q5*-1;;;. The summed E-state index contributed by atoms with van der Waals surface area (Å²) in [5.41, 5.74) is 0. The third kappa shape index (κ3) is 22.7. The summed E-state index contributed by atoms with van der Waals surface area (Å²) in [6.07, 6.45) is 0. The van der Waals surface area contributed by atoms with E-state index in [0.717, 1.165) is 0 Å². The maximum Gasteiger partial charge on any atom is 0 e. The quantitative estimate of drug-likeness (QED) is 0.459. The van der Waals surface area contributed by atoms with Crippen LogP contribution < -0.4 is 0 Å². The Hall–Kier alpha value is -0.431. The Morgan fingerprint density at radius 3 is 0.550 bits per heavy atom. The van der Waals surface area contributed by atoms with Gasteiger partial charge in [0.25, 0.3) is 0 Å². The van der Waals surface area contributed by atoms with Gasteiger partial charge in [-0.1, -0.05) is 0 Å². The van der Waals surface area contributed by atoms with Crippen molar-refractivity contribution in [3.8, 4) is 0 Å². The van der Waals surface area contributed by atoms with Crippen molar-refractivity contribution in [2.24, 2.45) is 0 Å². The Kier molecular flexibility index (Phi) is 42.9. The van der Waals surface area contributed by atoms with E-state index >= 15 is 0 Å². The minimum Gasteiger partial charge on any atom is -0.358 e. The second kappa shape index (κ2) is 27.0. The van der Waals surface area contributed by atoms with E-state index in [0.29, 0.717) is 0 Å². The van der Waals surface area contributed by atoms with E-state index in [9.17, 15) is 0 Å². The molecule has 0 heterocycles. The molecule has 20 heavy (non-hydrogen) atoms. The van der Waals surface area contributed by atoms with E-state index in [1.807, 2.05) is 91.0 Å². The maximum atomic E-state index is 2.00. The molecule has 0 spiro atoms. The van der Waals surface area contributed by atoms with Crippen LogP contribution in [0.4, 0.5) is 0 Å². The Labute approximate surface area is 155 Å². The first kappa shape index (κ1) is 31.8. The van der Waals surface area contributed by atoms with Crippen LogP contribution in [0.3, 0.4) is 0 Å². The Bertz CT molecular complexity index is 244. The Morgan fingerprint density at radius 1 is 0.350 bits per heavy atom. The smallest absolute Gasteiger partial charge is 0 e. The first-order chi connectivity index (χ1) is 7.50. The molecule has 0 saturated heterocycles. The van der Waals surface area contributed by atoms with Gasteiger partial charge in [-0.05, 0) is 0 Å². The van der Waals surface area contributed by atoms with Crippen molar-refractivity contribution in [2.45, 2.75) is 0 Å². The van der Waals surface area contributed by atoms with Crippen LogP contribution in [0.5, 0.6) is 0 Å². The van der Waals surface area contributed by atoms with Crippen molar-refractivity contribution >= 4 is 0 Å². The van der Waals surface area contributed by atoms with E-state index in [-0.39, 0.29) is 65.2 Å². The van der Waals surface area contributed by atoms with Gasteiger partial charge < -0.3 is 14.9 Å². The van der Waals surface area contributed by atoms with E-state index in [2.05, 4.69) is 0 Å². The zero-order chi connectivity index (χ0) is 10.6. The van der Waals surface area contributed by atoms with Crippen molar-refractivity contribution in [3.63, 3.8) is 0 Å². The summed E-state index contributed by atoms with van der Waals surface area (Å²) in [7, 11) is 0. The predicted octanol–water partition coefficient (Wildman–Crippen LogP) is 5.11. The topological polar surface area (TPSA) is 0 Å². The van der Waals surface area contributed by atoms with Gasteiger partial charge in [0.2, 0.25) is 0 Å². The molecule has 0 bridgehead atoms. The molecule has 0 unspecified atom stereocenters. The fourth-order valence-electron chi connectivity index (χ4n) is 0.962. The largest absolute Gasteiger partial charge is 0.358 e. The average molecular weight is 402 g/mol. The van der Waals surface area contributed by atoms with Gasteiger partial charge in [0, 0.05) is 50.3 Å².